The monoisotopic (exact) mass is 409 g/mol. The molecule has 0 spiro atoms. The molecule has 1 saturated heterocycles. The number of ether oxygens (including phenoxy) is 2. The first-order valence-corrected chi connectivity index (χ1v) is 10.6. The third-order valence-corrected chi connectivity index (χ3v) is 5.48. The van der Waals surface area contributed by atoms with Gasteiger partial charge in [0.25, 0.3) is 11.8 Å². The van der Waals surface area contributed by atoms with Crippen molar-refractivity contribution in [1.29, 1.82) is 0 Å². The van der Waals surface area contributed by atoms with Crippen LogP contribution in [0.5, 0.6) is 5.88 Å². The number of anilines is 1. The normalized spacial score (nSPS) is 18.9. The second kappa shape index (κ2) is 9.71. The topological polar surface area (TPSA) is 89.5 Å². The van der Waals surface area contributed by atoms with Gasteiger partial charge in [0.2, 0.25) is 5.88 Å². The lowest BCUT2D eigenvalue weighted by Crippen LogP contribution is -2.27. The number of carbonyl (C=O) groups excluding carboxylic acids is 2. The van der Waals surface area contributed by atoms with Gasteiger partial charge in [0.05, 0.1) is 0 Å². The molecule has 2 fully saturated rings. The van der Waals surface area contributed by atoms with E-state index in [1.807, 2.05) is 12.1 Å². The summed E-state index contributed by atoms with van der Waals surface area (Å²) in [7, 11) is 0. The third kappa shape index (κ3) is 5.16. The number of nitrogens with one attached hydrogen (secondary N) is 2. The van der Waals surface area contributed by atoms with Gasteiger partial charge >= 0.3 is 0 Å². The maximum atomic E-state index is 12.7. The van der Waals surface area contributed by atoms with Crippen LogP contribution < -0.4 is 15.4 Å². The summed E-state index contributed by atoms with van der Waals surface area (Å²) >= 11 is 0. The van der Waals surface area contributed by atoms with Crippen LogP contribution in [-0.2, 0) is 16.1 Å². The highest BCUT2D eigenvalue weighted by molar-refractivity contribution is 5.98. The summed E-state index contributed by atoms with van der Waals surface area (Å²) in [6, 6.07) is 10.6. The molecule has 1 atom stereocenters. The van der Waals surface area contributed by atoms with Crippen molar-refractivity contribution in [2.45, 2.75) is 57.3 Å². The average molecular weight is 409 g/mol. The van der Waals surface area contributed by atoms with Gasteiger partial charge in [0, 0.05) is 36.2 Å². The van der Waals surface area contributed by atoms with Gasteiger partial charge in [-0.3, -0.25) is 9.59 Å². The molecule has 1 aliphatic heterocycles. The molecule has 2 heterocycles. The Morgan fingerprint density at radius 2 is 1.97 bits per heavy atom. The lowest BCUT2D eigenvalue weighted by molar-refractivity contribution is -0.124. The second-order valence-electron chi connectivity index (χ2n) is 7.75. The number of nitrogens with zero attached hydrogens (tertiary/aromatic N) is 1. The maximum Gasteiger partial charge on any atom is 0.253 e. The number of hydrogen-bond acceptors (Lipinski definition) is 5. The molecule has 0 unspecified atom stereocenters. The van der Waals surface area contributed by atoms with Crippen molar-refractivity contribution in [3.8, 4) is 5.88 Å². The highest BCUT2D eigenvalue weighted by Gasteiger charge is 2.23. The lowest BCUT2D eigenvalue weighted by Gasteiger charge is -2.15. The van der Waals surface area contributed by atoms with E-state index in [0.29, 0.717) is 30.3 Å². The van der Waals surface area contributed by atoms with Crippen molar-refractivity contribution < 1.29 is 19.1 Å². The molecule has 4 rings (SSSR count). The largest absolute Gasteiger partial charge is 0.474 e. The Labute approximate surface area is 176 Å². The van der Waals surface area contributed by atoms with Gasteiger partial charge in [0.1, 0.15) is 12.2 Å². The van der Waals surface area contributed by atoms with Gasteiger partial charge in [-0.25, -0.2) is 4.98 Å². The number of rotatable bonds is 7. The smallest absolute Gasteiger partial charge is 0.253 e. The minimum atomic E-state index is -0.411. The van der Waals surface area contributed by atoms with Gasteiger partial charge in [-0.1, -0.05) is 12.1 Å². The van der Waals surface area contributed by atoms with E-state index in [1.54, 1.807) is 30.5 Å². The van der Waals surface area contributed by atoms with Crippen LogP contribution in [0.1, 0.15) is 54.4 Å². The van der Waals surface area contributed by atoms with Gasteiger partial charge < -0.3 is 20.1 Å². The first-order valence-electron chi connectivity index (χ1n) is 10.6. The number of amides is 2. The van der Waals surface area contributed by atoms with Crippen LogP contribution in [0.3, 0.4) is 0 Å². The standard InChI is InChI=1S/C23H27N3O4/c27-21(16-6-3-8-18(14-16)26-22(28)20-11-5-13-29-20)25-15-17-7-4-12-24-23(17)30-19-9-1-2-10-19/h3-4,6-8,12,14,19-20H,1-2,5,9-11,13,15H2,(H,25,27)(H,26,28)/t20-/m0/s1. The number of carbonyl (C=O) groups is 2. The van der Waals surface area contributed by atoms with Crippen LogP contribution in [0.25, 0.3) is 0 Å². The van der Waals surface area contributed by atoms with Crippen molar-refractivity contribution in [3.05, 3.63) is 53.7 Å². The quantitative estimate of drug-likeness (QED) is 0.731. The fourth-order valence-electron chi connectivity index (χ4n) is 3.85. The van der Waals surface area contributed by atoms with E-state index in [9.17, 15) is 9.59 Å². The van der Waals surface area contributed by atoms with Crippen molar-refractivity contribution >= 4 is 17.5 Å². The van der Waals surface area contributed by atoms with Crippen molar-refractivity contribution in [3.63, 3.8) is 0 Å². The summed E-state index contributed by atoms with van der Waals surface area (Å²) in [6.45, 7) is 0.933. The Kier molecular flexibility index (Phi) is 6.59. The molecule has 158 valence electrons. The molecule has 2 amide bonds. The Balaban J connectivity index is 1.36. The number of aromatic nitrogens is 1. The molecule has 2 aromatic rings. The molecule has 30 heavy (non-hydrogen) atoms. The summed E-state index contributed by atoms with van der Waals surface area (Å²) in [5.41, 5.74) is 1.90. The average Bonchev–Trinajstić information content (AvgIpc) is 3.47. The van der Waals surface area contributed by atoms with E-state index in [1.165, 1.54) is 12.8 Å². The van der Waals surface area contributed by atoms with E-state index in [2.05, 4.69) is 15.6 Å². The summed E-state index contributed by atoms with van der Waals surface area (Å²) < 4.78 is 11.4. The van der Waals surface area contributed by atoms with Crippen molar-refractivity contribution in [2.75, 3.05) is 11.9 Å². The second-order valence-corrected chi connectivity index (χ2v) is 7.75. The van der Waals surface area contributed by atoms with Gasteiger partial charge in [-0.05, 0) is 62.8 Å². The fourth-order valence-corrected chi connectivity index (χ4v) is 3.85. The van der Waals surface area contributed by atoms with Crippen molar-refractivity contribution in [1.82, 2.24) is 10.3 Å². The Hall–Kier alpha value is -2.93. The predicted molar refractivity (Wildman–Crippen MR) is 112 cm³/mol. The van der Waals surface area contributed by atoms with Gasteiger partial charge in [0.15, 0.2) is 0 Å². The van der Waals surface area contributed by atoms with Crippen LogP contribution in [0, 0.1) is 0 Å². The van der Waals surface area contributed by atoms with Crippen LogP contribution >= 0.6 is 0 Å². The van der Waals surface area contributed by atoms with E-state index in [0.717, 1.165) is 31.2 Å². The molecular weight excluding hydrogens is 382 g/mol. The molecule has 1 saturated carbocycles. The summed E-state index contributed by atoms with van der Waals surface area (Å²) in [5.74, 6) is 0.190. The molecule has 7 nitrogen and oxygen atoms in total. The molecule has 1 aromatic heterocycles. The molecular formula is C23H27N3O4. The van der Waals surface area contributed by atoms with E-state index in [4.69, 9.17) is 9.47 Å². The summed E-state index contributed by atoms with van der Waals surface area (Å²) in [6.07, 6.45) is 7.58. The molecule has 0 radical (unpaired) electrons. The van der Waals surface area contributed by atoms with Crippen molar-refractivity contribution in [2.24, 2.45) is 0 Å². The number of benzene rings is 1. The SMILES string of the molecule is O=C(NCc1cccnc1OC1CCCC1)c1cccc(NC(=O)[C@@H]2CCCO2)c1. The molecule has 7 heteroatoms. The lowest BCUT2D eigenvalue weighted by atomic mass is 10.1. The first kappa shape index (κ1) is 20.3. The Morgan fingerprint density at radius 3 is 2.77 bits per heavy atom. The first-order chi connectivity index (χ1) is 14.7. The third-order valence-electron chi connectivity index (χ3n) is 5.48. The van der Waals surface area contributed by atoms with E-state index in [-0.39, 0.29) is 17.9 Å². The minimum absolute atomic E-state index is 0.172. The van der Waals surface area contributed by atoms with Crippen LogP contribution in [-0.4, -0.2) is 35.6 Å². The Morgan fingerprint density at radius 1 is 1.10 bits per heavy atom. The van der Waals surface area contributed by atoms with E-state index >= 15 is 0 Å². The zero-order chi connectivity index (χ0) is 20.8. The predicted octanol–water partition coefficient (Wildman–Crippen LogP) is 3.45. The van der Waals surface area contributed by atoms with Crippen LogP contribution in [0.4, 0.5) is 5.69 Å². The summed E-state index contributed by atoms with van der Waals surface area (Å²) in [5, 5.41) is 5.75. The van der Waals surface area contributed by atoms with Gasteiger partial charge in [-0.2, -0.15) is 0 Å². The summed E-state index contributed by atoms with van der Waals surface area (Å²) in [4.78, 5) is 29.2. The number of pyridine rings is 1. The van der Waals surface area contributed by atoms with Crippen LogP contribution in [0.15, 0.2) is 42.6 Å². The molecule has 2 aliphatic rings. The molecule has 1 aliphatic carbocycles. The van der Waals surface area contributed by atoms with E-state index < -0.39 is 6.10 Å². The molecule has 1 aromatic carbocycles. The Bertz CT molecular complexity index is 890. The molecule has 2 N–H and O–H groups in total. The number of hydrogen-bond donors (Lipinski definition) is 2. The minimum Gasteiger partial charge on any atom is -0.474 e. The fraction of sp³-hybridized carbons (Fsp3) is 0.435. The maximum absolute atomic E-state index is 12.7. The van der Waals surface area contributed by atoms with Gasteiger partial charge in [-0.15, -0.1) is 0 Å². The zero-order valence-corrected chi connectivity index (χ0v) is 16.9. The molecule has 0 bridgehead atoms. The highest BCUT2D eigenvalue weighted by Crippen LogP contribution is 2.25. The zero-order valence-electron chi connectivity index (χ0n) is 16.9. The van der Waals surface area contributed by atoms with Crippen LogP contribution in [0.2, 0.25) is 0 Å². The highest BCUT2D eigenvalue weighted by atomic mass is 16.5.